The third-order valence-corrected chi connectivity index (χ3v) is 4.99. The summed E-state index contributed by atoms with van der Waals surface area (Å²) in [6, 6.07) is 12.3. The molecule has 112 valence electrons. The van der Waals surface area contributed by atoms with Gasteiger partial charge in [-0.05, 0) is 42.8 Å². The minimum Gasteiger partial charge on any atom is -0.330 e. The van der Waals surface area contributed by atoms with Crippen LogP contribution in [0.15, 0.2) is 53.6 Å². The topological polar surface area (TPSA) is 76.3 Å². The predicted molar refractivity (Wildman–Crippen MR) is 82.1 cm³/mol. The summed E-state index contributed by atoms with van der Waals surface area (Å²) in [4.78, 5) is 4.42. The zero-order chi connectivity index (χ0) is 15.3. The van der Waals surface area contributed by atoms with E-state index < -0.39 is 10.0 Å². The first-order valence-electron chi connectivity index (χ1n) is 6.69. The van der Waals surface area contributed by atoms with E-state index in [9.17, 15) is 8.42 Å². The maximum Gasteiger partial charge on any atom is 0.243 e. The van der Waals surface area contributed by atoms with Gasteiger partial charge in [0.15, 0.2) is 0 Å². The molecule has 6 heteroatoms. The summed E-state index contributed by atoms with van der Waals surface area (Å²) in [6.45, 7) is 0.791. The molecule has 0 radical (unpaired) electrons. The fraction of sp³-hybridized carbons (Fsp3) is 0.267. The average Bonchev–Trinajstić information content (AvgIpc) is 2.49. The molecule has 0 saturated heterocycles. The Hall–Kier alpha value is -1.76. The molecule has 1 heterocycles. The third-order valence-electron chi connectivity index (χ3n) is 3.18. The van der Waals surface area contributed by atoms with Crippen LogP contribution in [-0.4, -0.2) is 31.3 Å². The number of hydrogen-bond donors (Lipinski definition) is 1. The summed E-state index contributed by atoms with van der Waals surface area (Å²) in [6.07, 6.45) is 2.39. The van der Waals surface area contributed by atoms with E-state index in [0.29, 0.717) is 12.2 Å². The van der Waals surface area contributed by atoms with E-state index in [2.05, 4.69) is 4.98 Å². The molecule has 0 aliphatic rings. The minimum absolute atomic E-state index is 0.244. The van der Waals surface area contributed by atoms with Crippen molar-refractivity contribution in [3.05, 3.63) is 59.9 Å². The first-order valence-corrected chi connectivity index (χ1v) is 8.13. The van der Waals surface area contributed by atoms with E-state index in [-0.39, 0.29) is 11.4 Å². The van der Waals surface area contributed by atoms with Crippen LogP contribution < -0.4 is 5.73 Å². The molecule has 1 aromatic carbocycles. The zero-order valence-electron chi connectivity index (χ0n) is 11.9. The molecule has 2 aromatic rings. The Bertz CT molecular complexity index is 670. The van der Waals surface area contributed by atoms with E-state index in [1.807, 2.05) is 6.07 Å². The van der Waals surface area contributed by atoms with E-state index in [1.165, 1.54) is 4.31 Å². The highest BCUT2D eigenvalue weighted by molar-refractivity contribution is 7.89. The van der Waals surface area contributed by atoms with Gasteiger partial charge in [0.2, 0.25) is 10.0 Å². The molecular weight excluding hydrogens is 286 g/mol. The lowest BCUT2D eigenvalue weighted by atomic mass is 10.2. The molecule has 0 fully saturated rings. The maximum absolute atomic E-state index is 12.5. The van der Waals surface area contributed by atoms with Crippen LogP contribution in [0.1, 0.15) is 11.3 Å². The van der Waals surface area contributed by atoms with Gasteiger partial charge in [0.05, 0.1) is 17.1 Å². The molecule has 2 rings (SSSR count). The Balaban J connectivity index is 2.16. The van der Waals surface area contributed by atoms with Gasteiger partial charge in [0.25, 0.3) is 0 Å². The van der Waals surface area contributed by atoms with E-state index in [0.717, 1.165) is 12.0 Å². The molecule has 0 amide bonds. The van der Waals surface area contributed by atoms with Crippen LogP contribution >= 0.6 is 0 Å². The first-order chi connectivity index (χ1) is 10.0. The van der Waals surface area contributed by atoms with E-state index >= 15 is 0 Å². The normalized spacial score (nSPS) is 11.8. The number of nitrogens with zero attached hydrogens (tertiary/aromatic N) is 2. The Labute approximate surface area is 125 Å². The fourth-order valence-corrected chi connectivity index (χ4v) is 3.12. The van der Waals surface area contributed by atoms with Crippen molar-refractivity contribution in [3.63, 3.8) is 0 Å². The van der Waals surface area contributed by atoms with Gasteiger partial charge >= 0.3 is 0 Å². The van der Waals surface area contributed by atoms with E-state index in [1.54, 1.807) is 49.6 Å². The number of rotatable bonds is 6. The lowest BCUT2D eigenvalue weighted by Gasteiger charge is -2.17. The Morgan fingerprint density at radius 2 is 1.86 bits per heavy atom. The third kappa shape index (κ3) is 3.87. The highest BCUT2D eigenvalue weighted by Crippen LogP contribution is 2.17. The number of benzene rings is 1. The second kappa shape index (κ2) is 6.80. The smallest absolute Gasteiger partial charge is 0.243 e. The molecule has 1 aromatic heterocycles. The van der Waals surface area contributed by atoms with E-state index in [4.69, 9.17) is 5.73 Å². The number of aromatic nitrogens is 1. The van der Waals surface area contributed by atoms with Gasteiger partial charge in [-0.15, -0.1) is 0 Å². The number of hydrogen-bond acceptors (Lipinski definition) is 4. The second-order valence-electron chi connectivity index (χ2n) is 4.76. The van der Waals surface area contributed by atoms with Crippen LogP contribution in [0.5, 0.6) is 0 Å². The van der Waals surface area contributed by atoms with Crippen molar-refractivity contribution in [2.24, 2.45) is 5.73 Å². The SMILES string of the molecule is CN(Cc1ccccn1)S(=O)(=O)c1ccc(CCN)cc1. The van der Waals surface area contributed by atoms with Gasteiger partial charge in [0.1, 0.15) is 0 Å². The zero-order valence-corrected chi connectivity index (χ0v) is 12.8. The van der Waals surface area contributed by atoms with Gasteiger partial charge in [-0.25, -0.2) is 8.42 Å². The van der Waals surface area contributed by atoms with Gasteiger partial charge < -0.3 is 5.73 Å². The summed E-state index contributed by atoms with van der Waals surface area (Å²) in [5.41, 5.74) is 7.23. The lowest BCUT2D eigenvalue weighted by molar-refractivity contribution is 0.462. The van der Waals surface area contributed by atoms with Crippen molar-refractivity contribution in [2.75, 3.05) is 13.6 Å². The van der Waals surface area contributed by atoms with Crippen molar-refractivity contribution >= 4 is 10.0 Å². The van der Waals surface area contributed by atoms with Crippen molar-refractivity contribution in [1.29, 1.82) is 0 Å². The summed E-state index contributed by atoms with van der Waals surface area (Å²) in [5, 5.41) is 0. The summed E-state index contributed by atoms with van der Waals surface area (Å²) in [7, 11) is -1.95. The van der Waals surface area contributed by atoms with Crippen molar-refractivity contribution in [3.8, 4) is 0 Å². The molecule has 2 N–H and O–H groups in total. The van der Waals surface area contributed by atoms with Gasteiger partial charge in [-0.3, -0.25) is 4.98 Å². The van der Waals surface area contributed by atoms with Crippen molar-refractivity contribution in [1.82, 2.24) is 9.29 Å². The van der Waals surface area contributed by atoms with Crippen LogP contribution in [0.2, 0.25) is 0 Å². The molecule has 5 nitrogen and oxygen atoms in total. The quantitative estimate of drug-likeness (QED) is 0.875. The summed E-state index contributed by atoms with van der Waals surface area (Å²) >= 11 is 0. The lowest BCUT2D eigenvalue weighted by Crippen LogP contribution is -2.26. The van der Waals surface area contributed by atoms with Crippen molar-refractivity contribution < 1.29 is 8.42 Å². The van der Waals surface area contributed by atoms with Crippen LogP contribution in [0.4, 0.5) is 0 Å². The van der Waals surface area contributed by atoms with Crippen LogP contribution in [0, 0.1) is 0 Å². The van der Waals surface area contributed by atoms with Gasteiger partial charge in [-0.1, -0.05) is 18.2 Å². The van der Waals surface area contributed by atoms with Crippen LogP contribution in [0.3, 0.4) is 0 Å². The molecule has 0 bridgehead atoms. The van der Waals surface area contributed by atoms with Gasteiger partial charge in [-0.2, -0.15) is 4.31 Å². The molecule has 0 saturated carbocycles. The number of pyridine rings is 1. The first kappa shape index (κ1) is 15.6. The largest absolute Gasteiger partial charge is 0.330 e. The standard InChI is InChI=1S/C15H19N3O2S/c1-18(12-14-4-2-3-11-17-14)21(19,20)15-7-5-13(6-8-15)9-10-16/h2-8,11H,9-10,12,16H2,1H3. The molecular formula is C15H19N3O2S. The monoisotopic (exact) mass is 305 g/mol. The molecule has 0 spiro atoms. The number of nitrogens with two attached hydrogens (primary N) is 1. The maximum atomic E-state index is 12.5. The van der Waals surface area contributed by atoms with Crippen LogP contribution in [0.25, 0.3) is 0 Å². The summed E-state index contributed by atoms with van der Waals surface area (Å²) in [5.74, 6) is 0. The van der Waals surface area contributed by atoms with Crippen molar-refractivity contribution in [2.45, 2.75) is 17.9 Å². The molecule has 0 atom stereocenters. The summed E-state index contributed by atoms with van der Waals surface area (Å²) < 4.78 is 26.3. The Morgan fingerprint density at radius 1 is 1.14 bits per heavy atom. The Kier molecular flexibility index (Phi) is 5.06. The van der Waals surface area contributed by atoms with Crippen LogP contribution in [-0.2, 0) is 23.0 Å². The molecule has 21 heavy (non-hydrogen) atoms. The predicted octanol–water partition coefficient (Wildman–Crippen LogP) is 1.40. The average molecular weight is 305 g/mol. The highest BCUT2D eigenvalue weighted by Gasteiger charge is 2.21. The molecule has 0 unspecified atom stereocenters. The minimum atomic E-state index is -3.51. The fourth-order valence-electron chi connectivity index (χ4n) is 1.98. The Morgan fingerprint density at radius 3 is 2.43 bits per heavy atom. The van der Waals surface area contributed by atoms with Gasteiger partial charge in [0, 0.05) is 13.2 Å². The number of sulfonamides is 1. The second-order valence-corrected chi connectivity index (χ2v) is 6.81. The highest BCUT2D eigenvalue weighted by atomic mass is 32.2. The molecule has 0 aliphatic carbocycles. The molecule has 0 aliphatic heterocycles.